The van der Waals surface area contributed by atoms with E-state index in [9.17, 15) is 9.18 Å². The molecule has 2 N–H and O–H groups in total. The predicted molar refractivity (Wildman–Crippen MR) is 103 cm³/mol. The van der Waals surface area contributed by atoms with Crippen molar-refractivity contribution in [2.45, 2.75) is 32.5 Å². The first-order valence-corrected chi connectivity index (χ1v) is 9.71. The first kappa shape index (κ1) is 18.1. The second-order valence-corrected chi connectivity index (χ2v) is 7.69. The van der Waals surface area contributed by atoms with E-state index < -0.39 is 0 Å². The van der Waals surface area contributed by atoms with Gasteiger partial charge in [-0.15, -0.1) is 0 Å². The van der Waals surface area contributed by atoms with Crippen molar-refractivity contribution in [1.29, 1.82) is 0 Å². The standard InChI is InChI=1S/C22H26FN3O/c23-20-6-4-16(5-7-20)13-25-10-8-17(9-11-25)14-26-15-19-3-1-2-18(12-24)21(19)22(26)27/h1-7,17H,8-15,24H2. The number of fused-ring (bicyclic) bond motifs is 1. The van der Waals surface area contributed by atoms with E-state index in [2.05, 4.69) is 4.90 Å². The van der Waals surface area contributed by atoms with Gasteiger partial charge in [-0.1, -0.05) is 30.3 Å². The summed E-state index contributed by atoms with van der Waals surface area (Å²) in [5.74, 6) is 0.486. The van der Waals surface area contributed by atoms with Crippen molar-refractivity contribution < 1.29 is 9.18 Å². The average Bonchev–Trinajstić information content (AvgIpc) is 3.01. The molecule has 0 aromatic heterocycles. The molecule has 2 heterocycles. The van der Waals surface area contributed by atoms with Crippen LogP contribution in [0.1, 0.15) is 39.9 Å². The number of amides is 1. The average molecular weight is 367 g/mol. The van der Waals surface area contributed by atoms with E-state index in [0.29, 0.717) is 19.0 Å². The number of piperidine rings is 1. The van der Waals surface area contributed by atoms with Crippen LogP contribution in [0.5, 0.6) is 0 Å². The molecule has 0 radical (unpaired) electrons. The van der Waals surface area contributed by atoms with Gasteiger partial charge in [0.05, 0.1) is 0 Å². The molecule has 0 bridgehead atoms. The Balaban J connectivity index is 1.31. The quantitative estimate of drug-likeness (QED) is 0.883. The van der Waals surface area contributed by atoms with Crippen molar-refractivity contribution in [2.75, 3.05) is 19.6 Å². The number of rotatable bonds is 5. The molecule has 4 nitrogen and oxygen atoms in total. The summed E-state index contributed by atoms with van der Waals surface area (Å²) in [4.78, 5) is 17.2. The first-order valence-electron chi connectivity index (χ1n) is 9.71. The van der Waals surface area contributed by atoms with Crippen LogP contribution >= 0.6 is 0 Å². The Kier molecular flexibility index (Phi) is 5.23. The van der Waals surface area contributed by atoms with E-state index in [1.54, 1.807) is 0 Å². The summed E-state index contributed by atoms with van der Waals surface area (Å²) in [5, 5.41) is 0. The van der Waals surface area contributed by atoms with Crippen molar-refractivity contribution in [3.8, 4) is 0 Å². The van der Waals surface area contributed by atoms with Gasteiger partial charge in [-0.05, 0) is 60.7 Å². The molecule has 1 amide bonds. The highest BCUT2D eigenvalue weighted by molar-refractivity contribution is 5.99. The molecule has 4 rings (SSSR count). The molecule has 1 fully saturated rings. The number of nitrogens with zero attached hydrogens (tertiary/aromatic N) is 2. The highest BCUT2D eigenvalue weighted by atomic mass is 19.1. The smallest absolute Gasteiger partial charge is 0.254 e. The fourth-order valence-electron chi connectivity index (χ4n) is 4.30. The number of halogens is 1. The van der Waals surface area contributed by atoms with Crippen molar-refractivity contribution in [3.05, 3.63) is 70.5 Å². The minimum atomic E-state index is -0.188. The normalized spacial score (nSPS) is 18.1. The van der Waals surface area contributed by atoms with Gasteiger partial charge in [-0.3, -0.25) is 9.69 Å². The lowest BCUT2D eigenvalue weighted by atomic mass is 9.96. The number of hydrogen-bond acceptors (Lipinski definition) is 3. The maximum atomic E-state index is 13.0. The molecule has 2 aromatic rings. The van der Waals surface area contributed by atoms with Crippen LogP contribution in [0.15, 0.2) is 42.5 Å². The van der Waals surface area contributed by atoms with E-state index >= 15 is 0 Å². The van der Waals surface area contributed by atoms with Crippen molar-refractivity contribution in [3.63, 3.8) is 0 Å². The summed E-state index contributed by atoms with van der Waals surface area (Å²) in [6.07, 6.45) is 2.18. The molecular formula is C22H26FN3O. The molecule has 0 unspecified atom stereocenters. The number of likely N-dealkylation sites (tertiary alicyclic amines) is 1. The zero-order valence-electron chi connectivity index (χ0n) is 15.5. The zero-order valence-corrected chi connectivity index (χ0v) is 15.5. The van der Waals surface area contributed by atoms with Crippen molar-refractivity contribution in [2.24, 2.45) is 11.7 Å². The van der Waals surface area contributed by atoms with E-state index in [0.717, 1.165) is 61.3 Å². The van der Waals surface area contributed by atoms with Gasteiger partial charge in [0.2, 0.25) is 0 Å². The SMILES string of the molecule is NCc1cccc2c1C(=O)N(CC1CCN(Cc3ccc(F)cc3)CC1)C2. The van der Waals surface area contributed by atoms with Gasteiger partial charge in [0.15, 0.2) is 0 Å². The van der Waals surface area contributed by atoms with Crippen LogP contribution in [-0.4, -0.2) is 35.3 Å². The molecule has 2 aromatic carbocycles. The fourth-order valence-corrected chi connectivity index (χ4v) is 4.30. The Morgan fingerprint density at radius 2 is 1.81 bits per heavy atom. The van der Waals surface area contributed by atoms with Gasteiger partial charge in [0, 0.05) is 31.7 Å². The monoisotopic (exact) mass is 367 g/mol. The zero-order chi connectivity index (χ0) is 18.8. The van der Waals surface area contributed by atoms with E-state index in [4.69, 9.17) is 5.73 Å². The maximum Gasteiger partial charge on any atom is 0.254 e. The Morgan fingerprint density at radius 1 is 1.07 bits per heavy atom. The Hall–Kier alpha value is -2.24. The Labute approximate surface area is 159 Å². The van der Waals surface area contributed by atoms with Crippen molar-refractivity contribution in [1.82, 2.24) is 9.80 Å². The maximum absolute atomic E-state index is 13.0. The van der Waals surface area contributed by atoms with Crippen LogP contribution in [0.25, 0.3) is 0 Å². The summed E-state index contributed by atoms with van der Waals surface area (Å²) in [5.41, 5.74) is 9.84. The minimum Gasteiger partial charge on any atom is -0.334 e. The lowest BCUT2D eigenvalue weighted by Crippen LogP contribution is -2.38. The number of carbonyl (C=O) groups excluding carboxylic acids is 1. The highest BCUT2D eigenvalue weighted by Crippen LogP contribution is 2.29. The molecule has 1 saturated heterocycles. The molecule has 0 aliphatic carbocycles. The number of carbonyl (C=O) groups is 1. The number of benzene rings is 2. The third-order valence-corrected chi connectivity index (χ3v) is 5.82. The lowest BCUT2D eigenvalue weighted by molar-refractivity contribution is 0.0710. The molecule has 0 saturated carbocycles. The fraction of sp³-hybridized carbons (Fsp3) is 0.409. The van der Waals surface area contributed by atoms with Crippen LogP contribution in [0, 0.1) is 11.7 Å². The third-order valence-electron chi connectivity index (χ3n) is 5.82. The Bertz CT molecular complexity index is 813. The molecule has 0 spiro atoms. The van der Waals surface area contributed by atoms with Gasteiger partial charge in [0.1, 0.15) is 5.82 Å². The van der Waals surface area contributed by atoms with Crippen LogP contribution < -0.4 is 5.73 Å². The third kappa shape index (κ3) is 3.89. The topological polar surface area (TPSA) is 49.6 Å². The highest BCUT2D eigenvalue weighted by Gasteiger charge is 2.31. The number of hydrogen-bond donors (Lipinski definition) is 1. The summed E-state index contributed by atoms with van der Waals surface area (Å²) in [6, 6.07) is 12.7. The Morgan fingerprint density at radius 3 is 2.52 bits per heavy atom. The molecule has 2 aliphatic rings. The first-order chi connectivity index (χ1) is 13.1. The van der Waals surface area contributed by atoms with Crippen LogP contribution in [-0.2, 0) is 19.6 Å². The molecule has 142 valence electrons. The lowest BCUT2D eigenvalue weighted by Gasteiger charge is -2.33. The molecule has 2 aliphatic heterocycles. The summed E-state index contributed by atoms with van der Waals surface area (Å²) >= 11 is 0. The van der Waals surface area contributed by atoms with Crippen molar-refractivity contribution >= 4 is 5.91 Å². The van der Waals surface area contributed by atoms with E-state index in [-0.39, 0.29) is 11.7 Å². The van der Waals surface area contributed by atoms with E-state index in [1.165, 1.54) is 12.1 Å². The van der Waals surface area contributed by atoms with E-state index in [1.807, 2.05) is 35.2 Å². The molecule has 5 heteroatoms. The van der Waals surface area contributed by atoms with Gasteiger partial charge in [-0.2, -0.15) is 0 Å². The largest absolute Gasteiger partial charge is 0.334 e. The molecule has 27 heavy (non-hydrogen) atoms. The summed E-state index contributed by atoms with van der Waals surface area (Å²) in [7, 11) is 0. The second kappa shape index (κ2) is 7.79. The van der Waals surface area contributed by atoms with Crippen LogP contribution in [0.3, 0.4) is 0 Å². The van der Waals surface area contributed by atoms with Crippen LogP contribution in [0.4, 0.5) is 4.39 Å². The van der Waals surface area contributed by atoms with Gasteiger partial charge in [-0.25, -0.2) is 4.39 Å². The summed E-state index contributed by atoms with van der Waals surface area (Å²) < 4.78 is 13.0. The molecular weight excluding hydrogens is 341 g/mol. The molecule has 0 atom stereocenters. The summed E-state index contributed by atoms with van der Waals surface area (Å²) in [6.45, 7) is 4.83. The predicted octanol–water partition coefficient (Wildman–Crippen LogP) is 3.15. The second-order valence-electron chi connectivity index (χ2n) is 7.69. The minimum absolute atomic E-state index is 0.139. The van der Waals surface area contributed by atoms with Gasteiger partial charge >= 0.3 is 0 Å². The van der Waals surface area contributed by atoms with Gasteiger partial charge in [0.25, 0.3) is 5.91 Å². The number of nitrogens with two attached hydrogens (primary N) is 1. The van der Waals surface area contributed by atoms with Crippen LogP contribution in [0.2, 0.25) is 0 Å². The van der Waals surface area contributed by atoms with Gasteiger partial charge < -0.3 is 10.6 Å².